The van der Waals surface area contributed by atoms with Crippen LogP contribution in [0.3, 0.4) is 0 Å². The van der Waals surface area contributed by atoms with E-state index in [0.717, 1.165) is 5.56 Å². The van der Waals surface area contributed by atoms with Gasteiger partial charge >= 0.3 is 0 Å². The van der Waals surface area contributed by atoms with E-state index in [1.165, 1.54) is 7.11 Å². The van der Waals surface area contributed by atoms with E-state index in [1.54, 1.807) is 31.4 Å². The van der Waals surface area contributed by atoms with Gasteiger partial charge in [-0.05, 0) is 35.9 Å². The summed E-state index contributed by atoms with van der Waals surface area (Å²) < 4.78 is 10.3. The van der Waals surface area contributed by atoms with Crippen molar-refractivity contribution in [3.8, 4) is 11.5 Å². The third-order valence-electron chi connectivity index (χ3n) is 3.05. The molecule has 2 rings (SSSR count). The van der Waals surface area contributed by atoms with Crippen molar-refractivity contribution in [1.29, 1.82) is 0 Å². The Kier molecular flexibility index (Phi) is 4.66. The highest BCUT2D eigenvalue weighted by molar-refractivity contribution is 5.94. The molecule has 0 saturated carbocycles. The average Bonchev–Trinajstić information content (AvgIpc) is 2.52. The summed E-state index contributed by atoms with van der Waals surface area (Å²) in [7, 11) is 3.09. The molecule has 0 atom stereocenters. The Morgan fingerprint density at radius 2 is 1.86 bits per heavy atom. The normalized spacial score (nSPS) is 10.0. The van der Waals surface area contributed by atoms with E-state index in [0.29, 0.717) is 29.3 Å². The number of ether oxygens (including phenoxy) is 2. The van der Waals surface area contributed by atoms with Crippen molar-refractivity contribution in [3.05, 3.63) is 53.6 Å². The Morgan fingerprint density at radius 1 is 1.10 bits per heavy atom. The van der Waals surface area contributed by atoms with Crippen LogP contribution in [0.25, 0.3) is 0 Å². The first kappa shape index (κ1) is 14.7. The molecule has 3 N–H and O–H groups in total. The molecule has 110 valence electrons. The number of amides is 1. The largest absolute Gasteiger partial charge is 0.493 e. The molecule has 1 amide bonds. The second-order valence-corrected chi connectivity index (χ2v) is 4.50. The number of anilines is 1. The van der Waals surface area contributed by atoms with E-state index >= 15 is 0 Å². The summed E-state index contributed by atoms with van der Waals surface area (Å²) in [5.74, 6) is 0.928. The Labute approximate surface area is 123 Å². The Morgan fingerprint density at radius 3 is 2.52 bits per heavy atom. The number of rotatable bonds is 5. The maximum atomic E-state index is 12.1. The molecule has 0 spiro atoms. The molecule has 0 radical (unpaired) electrons. The van der Waals surface area contributed by atoms with Gasteiger partial charge in [0.15, 0.2) is 11.5 Å². The van der Waals surface area contributed by atoms with Crippen molar-refractivity contribution >= 4 is 11.6 Å². The molecule has 5 heteroatoms. The Hall–Kier alpha value is -2.69. The van der Waals surface area contributed by atoms with Crippen molar-refractivity contribution in [2.45, 2.75) is 6.54 Å². The zero-order valence-electron chi connectivity index (χ0n) is 12.1. The fourth-order valence-corrected chi connectivity index (χ4v) is 1.96. The van der Waals surface area contributed by atoms with Crippen molar-refractivity contribution in [1.82, 2.24) is 5.32 Å². The SMILES string of the molecule is COc1ccc(C(=O)NCc2cccc(N)c2)cc1OC. The summed E-state index contributed by atoms with van der Waals surface area (Å²) in [5, 5.41) is 2.84. The Balaban J connectivity index is 2.06. The molecule has 0 fully saturated rings. The summed E-state index contributed by atoms with van der Waals surface area (Å²) in [4.78, 5) is 12.1. The van der Waals surface area contributed by atoms with E-state index < -0.39 is 0 Å². The second kappa shape index (κ2) is 6.65. The van der Waals surface area contributed by atoms with Gasteiger partial charge in [0.1, 0.15) is 0 Å². The minimum absolute atomic E-state index is 0.182. The minimum atomic E-state index is -0.182. The van der Waals surface area contributed by atoms with Crippen LogP contribution in [-0.2, 0) is 6.54 Å². The van der Waals surface area contributed by atoms with Crippen molar-refractivity contribution in [2.75, 3.05) is 20.0 Å². The molecule has 0 bridgehead atoms. The van der Waals surface area contributed by atoms with Gasteiger partial charge in [-0.25, -0.2) is 0 Å². The molecule has 0 aliphatic heterocycles. The standard InChI is InChI=1S/C16H18N2O3/c1-20-14-7-6-12(9-15(14)21-2)16(19)18-10-11-4-3-5-13(17)8-11/h3-9H,10,17H2,1-2H3,(H,18,19). The molecular weight excluding hydrogens is 268 g/mol. The first-order chi connectivity index (χ1) is 10.1. The molecule has 0 heterocycles. The predicted octanol–water partition coefficient (Wildman–Crippen LogP) is 2.22. The number of hydrogen-bond acceptors (Lipinski definition) is 4. The smallest absolute Gasteiger partial charge is 0.251 e. The van der Waals surface area contributed by atoms with Gasteiger partial charge in [0.2, 0.25) is 0 Å². The van der Waals surface area contributed by atoms with Crippen LogP contribution >= 0.6 is 0 Å². The zero-order chi connectivity index (χ0) is 15.2. The summed E-state index contributed by atoms with van der Waals surface area (Å²) in [5.41, 5.74) is 7.84. The lowest BCUT2D eigenvalue weighted by atomic mass is 10.1. The molecule has 5 nitrogen and oxygen atoms in total. The summed E-state index contributed by atoms with van der Waals surface area (Å²) in [6.07, 6.45) is 0. The third-order valence-corrected chi connectivity index (χ3v) is 3.05. The van der Waals surface area contributed by atoms with Crippen molar-refractivity contribution < 1.29 is 14.3 Å². The number of carbonyl (C=O) groups excluding carboxylic acids is 1. The average molecular weight is 286 g/mol. The molecule has 0 aromatic heterocycles. The highest BCUT2D eigenvalue weighted by Crippen LogP contribution is 2.27. The van der Waals surface area contributed by atoms with Crippen LogP contribution in [0, 0.1) is 0 Å². The van der Waals surface area contributed by atoms with Crippen LogP contribution in [0.1, 0.15) is 15.9 Å². The molecule has 21 heavy (non-hydrogen) atoms. The first-order valence-electron chi connectivity index (χ1n) is 6.48. The molecular formula is C16H18N2O3. The van der Waals surface area contributed by atoms with Gasteiger partial charge in [0.05, 0.1) is 14.2 Å². The zero-order valence-corrected chi connectivity index (χ0v) is 12.1. The lowest BCUT2D eigenvalue weighted by Gasteiger charge is -2.10. The fourth-order valence-electron chi connectivity index (χ4n) is 1.96. The van der Waals surface area contributed by atoms with Crippen molar-refractivity contribution in [2.24, 2.45) is 0 Å². The summed E-state index contributed by atoms with van der Waals surface area (Å²) in [6.45, 7) is 0.415. The first-order valence-corrected chi connectivity index (χ1v) is 6.48. The quantitative estimate of drug-likeness (QED) is 0.827. The summed E-state index contributed by atoms with van der Waals surface area (Å²) in [6, 6.07) is 12.4. The van der Waals surface area contributed by atoms with E-state index in [4.69, 9.17) is 15.2 Å². The molecule has 0 aliphatic rings. The Bertz CT molecular complexity index is 641. The lowest BCUT2D eigenvalue weighted by molar-refractivity contribution is 0.0950. The lowest BCUT2D eigenvalue weighted by Crippen LogP contribution is -2.22. The number of nitrogens with two attached hydrogens (primary N) is 1. The van der Waals surface area contributed by atoms with Crippen LogP contribution in [-0.4, -0.2) is 20.1 Å². The maximum Gasteiger partial charge on any atom is 0.251 e. The summed E-state index contributed by atoms with van der Waals surface area (Å²) >= 11 is 0. The number of carbonyl (C=O) groups is 1. The van der Waals surface area contributed by atoms with E-state index in [9.17, 15) is 4.79 Å². The molecule has 2 aromatic carbocycles. The highest BCUT2D eigenvalue weighted by Gasteiger charge is 2.10. The van der Waals surface area contributed by atoms with Crippen molar-refractivity contribution in [3.63, 3.8) is 0 Å². The molecule has 2 aromatic rings. The third kappa shape index (κ3) is 3.66. The second-order valence-electron chi connectivity index (χ2n) is 4.50. The van der Waals surface area contributed by atoms with Gasteiger partial charge < -0.3 is 20.5 Å². The van der Waals surface area contributed by atoms with E-state index in [-0.39, 0.29) is 5.91 Å². The van der Waals surface area contributed by atoms with Gasteiger partial charge in [0, 0.05) is 17.8 Å². The predicted molar refractivity (Wildman–Crippen MR) is 81.6 cm³/mol. The van der Waals surface area contributed by atoms with Gasteiger partial charge in [-0.1, -0.05) is 12.1 Å². The minimum Gasteiger partial charge on any atom is -0.493 e. The van der Waals surface area contributed by atoms with Gasteiger partial charge in [-0.3, -0.25) is 4.79 Å². The molecule has 0 aliphatic carbocycles. The number of nitrogen functional groups attached to an aromatic ring is 1. The van der Waals surface area contributed by atoms with Crippen LogP contribution in [0.5, 0.6) is 11.5 Å². The number of methoxy groups -OCH3 is 2. The number of benzene rings is 2. The van der Waals surface area contributed by atoms with Crippen LogP contribution in [0.15, 0.2) is 42.5 Å². The van der Waals surface area contributed by atoms with Crippen LogP contribution in [0.4, 0.5) is 5.69 Å². The fraction of sp³-hybridized carbons (Fsp3) is 0.188. The number of nitrogens with one attached hydrogen (secondary N) is 1. The monoisotopic (exact) mass is 286 g/mol. The van der Waals surface area contributed by atoms with E-state index in [2.05, 4.69) is 5.32 Å². The van der Waals surface area contributed by atoms with Gasteiger partial charge in [-0.2, -0.15) is 0 Å². The topological polar surface area (TPSA) is 73.6 Å². The maximum absolute atomic E-state index is 12.1. The van der Waals surface area contributed by atoms with Gasteiger partial charge in [-0.15, -0.1) is 0 Å². The molecule has 0 saturated heterocycles. The molecule has 0 unspecified atom stereocenters. The highest BCUT2D eigenvalue weighted by atomic mass is 16.5. The van der Waals surface area contributed by atoms with Crippen LogP contribution < -0.4 is 20.5 Å². The number of hydrogen-bond donors (Lipinski definition) is 2. The van der Waals surface area contributed by atoms with Crippen LogP contribution in [0.2, 0.25) is 0 Å². The van der Waals surface area contributed by atoms with E-state index in [1.807, 2.05) is 18.2 Å². The van der Waals surface area contributed by atoms with Gasteiger partial charge in [0.25, 0.3) is 5.91 Å².